The Morgan fingerprint density at radius 1 is 1.22 bits per heavy atom. The van der Waals surface area contributed by atoms with Gasteiger partial charge in [-0.3, -0.25) is 4.79 Å². The lowest BCUT2D eigenvalue weighted by Gasteiger charge is -2.06. The normalized spacial score (nSPS) is 10.1. The minimum absolute atomic E-state index is 0.0797. The van der Waals surface area contributed by atoms with Crippen LogP contribution < -0.4 is 5.32 Å². The molecule has 3 N–H and O–H groups in total. The zero-order valence-corrected chi connectivity index (χ0v) is 9.71. The first kappa shape index (κ1) is 11.9. The minimum atomic E-state index is -0.481. The van der Waals surface area contributed by atoms with E-state index in [2.05, 4.69) is 10.3 Å². The van der Waals surface area contributed by atoms with Gasteiger partial charge in [0.1, 0.15) is 17.3 Å². The number of rotatable bonds is 2. The molecule has 5 nitrogen and oxygen atoms in total. The van der Waals surface area contributed by atoms with Crippen LogP contribution in [0.15, 0.2) is 36.5 Å². The van der Waals surface area contributed by atoms with Crippen molar-refractivity contribution in [3.05, 3.63) is 47.7 Å². The zero-order valence-electron chi connectivity index (χ0n) is 9.71. The van der Waals surface area contributed by atoms with Crippen LogP contribution in [-0.4, -0.2) is 21.1 Å². The van der Waals surface area contributed by atoms with Crippen molar-refractivity contribution in [1.29, 1.82) is 0 Å². The maximum absolute atomic E-state index is 11.9. The number of aromatic nitrogens is 1. The van der Waals surface area contributed by atoms with Crippen molar-refractivity contribution >= 4 is 11.7 Å². The molecule has 0 saturated carbocycles. The molecular formula is C13H12N2O3. The first-order valence-corrected chi connectivity index (χ1v) is 5.32. The smallest absolute Gasteiger partial charge is 0.260 e. The molecule has 0 unspecified atom stereocenters. The van der Waals surface area contributed by atoms with E-state index in [-0.39, 0.29) is 17.1 Å². The lowest BCUT2D eigenvalue weighted by molar-refractivity contribution is 0.102. The molecule has 5 heteroatoms. The van der Waals surface area contributed by atoms with Crippen molar-refractivity contribution in [3.8, 4) is 11.5 Å². The number of nitrogens with one attached hydrogen (secondary N) is 1. The average molecular weight is 244 g/mol. The highest BCUT2D eigenvalue weighted by atomic mass is 16.3. The van der Waals surface area contributed by atoms with Gasteiger partial charge in [0.05, 0.1) is 5.56 Å². The van der Waals surface area contributed by atoms with Crippen LogP contribution >= 0.6 is 0 Å². The topological polar surface area (TPSA) is 82.5 Å². The molecule has 0 radical (unpaired) electrons. The minimum Gasteiger partial charge on any atom is -0.508 e. The maximum Gasteiger partial charge on any atom is 0.260 e. The monoisotopic (exact) mass is 244 g/mol. The lowest BCUT2D eigenvalue weighted by Crippen LogP contribution is -2.13. The Bertz CT molecular complexity index is 597. The van der Waals surface area contributed by atoms with E-state index in [0.717, 1.165) is 11.6 Å². The van der Waals surface area contributed by atoms with E-state index in [0.29, 0.717) is 5.82 Å². The van der Waals surface area contributed by atoms with E-state index in [1.807, 2.05) is 13.0 Å². The van der Waals surface area contributed by atoms with Gasteiger partial charge in [-0.25, -0.2) is 4.98 Å². The molecule has 2 aromatic rings. The van der Waals surface area contributed by atoms with Crippen molar-refractivity contribution < 1.29 is 15.0 Å². The number of aryl methyl sites for hydroxylation is 1. The van der Waals surface area contributed by atoms with E-state index in [1.54, 1.807) is 12.3 Å². The van der Waals surface area contributed by atoms with Gasteiger partial charge in [-0.2, -0.15) is 0 Å². The summed E-state index contributed by atoms with van der Waals surface area (Å²) in [7, 11) is 0. The fourth-order valence-electron chi connectivity index (χ4n) is 1.50. The molecular weight excluding hydrogens is 232 g/mol. The molecule has 1 amide bonds. The number of phenolic OH excluding ortho intramolecular Hbond substituents is 2. The Morgan fingerprint density at radius 2 is 2.00 bits per heavy atom. The number of carbonyl (C=O) groups excluding carboxylic acids is 1. The predicted molar refractivity (Wildman–Crippen MR) is 66.7 cm³/mol. The van der Waals surface area contributed by atoms with Crippen LogP contribution in [0.2, 0.25) is 0 Å². The van der Waals surface area contributed by atoms with Crippen LogP contribution in [0.25, 0.3) is 0 Å². The number of anilines is 1. The van der Waals surface area contributed by atoms with Crippen molar-refractivity contribution in [1.82, 2.24) is 4.98 Å². The molecule has 0 bridgehead atoms. The van der Waals surface area contributed by atoms with Gasteiger partial charge < -0.3 is 15.5 Å². The summed E-state index contributed by atoms with van der Waals surface area (Å²) in [6.07, 6.45) is 1.58. The third-order valence-corrected chi connectivity index (χ3v) is 2.38. The van der Waals surface area contributed by atoms with Gasteiger partial charge in [0.25, 0.3) is 5.91 Å². The fourth-order valence-corrected chi connectivity index (χ4v) is 1.50. The number of amides is 1. The van der Waals surface area contributed by atoms with Crippen LogP contribution in [0.3, 0.4) is 0 Å². The summed E-state index contributed by atoms with van der Waals surface area (Å²) in [5.74, 6) is -0.448. The molecule has 1 heterocycles. The van der Waals surface area contributed by atoms with Gasteiger partial charge in [0.15, 0.2) is 0 Å². The van der Waals surface area contributed by atoms with Crippen molar-refractivity contribution in [3.63, 3.8) is 0 Å². The Morgan fingerprint density at radius 3 is 2.67 bits per heavy atom. The Kier molecular flexibility index (Phi) is 3.14. The molecule has 0 spiro atoms. The van der Waals surface area contributed by atoms with Crippen LogP contribution in [0.1, 0.15) is 15.9 Å². The quantitative estimate of drug-likeness (QED) is 0.755. The van der Waals surface area contributed by atoms with Crippen LogP contribution in [0.4, 0.5) is 5.82 Å². The molecule has 1 aromatic carbocycles. The largest absolute Gasteiger partial charge is 0.508 e. The van der Waals surface area contributed by atoms with E-state index >= 15 is 0 Å². The second-order valence-corrected chi connectivity index (χ2v) is 3.87. The molecule has 0 saturated heterocycles. The van der Waals surface area contributed by atoms with Gasteiger partial charge in [-0.1, -0.05) is 0 Å². The first-order valence-electron chi connectivity index (χ1n) is 5.32. The molecule has 0 aliphatic heterocycles. The molecule has 1 aromatic heterocycles. The second kappa shape index (κ2) is 4.75. The summed E-state index contributed by atoms with van der Waals surface area (Å²) in [5, 5.41) is 21.3. The van der Waals surface area contributed by atoms with Crippen LogP contribution in [0.5, 0.6) is 11.5 Å². The Balaban J connectivity index is 2.22. The molecule has 0 atom stereocenters. The predicted octanol–water partition coefficient (Wildman–Crippen LogP) is 2.05. The third kappa shape index (κ3) is 2.57. The van der Waals surface area contributed by atoms with Crippen molar-refractivity contribution in [2.45, 2.75) is 6.92 Å². The zero-order chi connectivity index (χ0) is 13.1. The number of nitrogens with zero attached hydrogens (tertiary/aromatic N) is 1. The highest BCUT2D eigenvalue weighted by molar-refractivity contribution is 6.05. The number of pyridine rings is 1. The summed E-state index contributed by atoms with van der Waals surface area (Å²) >= 11 is 0. The Labute approximate surface area is 104 Å². The van der Waals surface area contributed by atoms with E-state index in [4.69, 9.17) is 5.11 Å². The summed E-state index contributed by atoms with van der Waals surface area (Å²) in [5.41, 5.74) is 1.05. The maximum atomic E-state index is 11.9. The van der Waals surface area contributed by atoms with Crippen LogP contribution in [0, 0.1) is 6.92 Å². The van der Waals surface area contributed by atoms with Crippen LogP contribution in [-0.2, 0) is 0 Å². The second-order valence-electron chi connectivity index (χ2n) is 3.87. The fraction of sp³-hybridized carbons (Fsp3) is 0.0769. The van der Waals surface area contributed by atoms with Crippen molar-refractivity contribution in [2.75, 3.05) is 5.32 Å². The number of phenols is 2. The molecule has 92 valence electrons. The lowest BCUT2D eigenvalue weighted by atomic mass is 10.2. The van der Waals surface area contributed by atoms with E-state index in [9.17, 15) is 9.90 Å². The number of benzene rings is 1. The SMILES string of the molecule is Cc1ccnc(NC(=O)c2ccc(O)cc2O)c1. The summed E-state index contributed by atoms with van der Waals surface area (Å²) < 4.78 is 0. The number of aromatic hydroxyl groups is 2. The van der Waals surface area contributed by atoms with Gasteiger partial charge in [-0.05, 0) is 36.8 Å². The molecule has 2 rings (SSSR count). The molecule has 0 aliphatic rings. The van der Waals surface area contributed by atoms with Gasteiger partial charge in [0.2, 0.25) is 0 Å². The van der Waals surface area contributed by atoms with Gasteiger partial charge >= 0.3 is 0 Å². The molecule has 18 heavy (non-hydrogen) atoms. The summed E-state index contributed by atoms with van der Waals surface area (Å²) in [6.45, 7) is 1.88. The average Bonchev–Trinajstić information content (AvgIpc) is 2.28. The van der Waals surface area contributed by atoms with Gasteiger partial charge in [-0.15, -0.1) is 0 Å². The first-order chi connectivity index (χ1) is 8.56. The highest BCUT2D eigenvalue weighted by Crippen LogP contribution is 2.23. The van der Waals surface area contributed by atoms with Gasteiger partial charge in [0, 0.05) is 12.3 Å². The van der Waals surface area contributed by atoms with E-state index in [1.165, 1.54) is 12.1 Å². The summed E-state index contributed by atoms with van der Waals surface area (Å²) in [6, 6.07) is 7.32. The molecule has 0 fully saturated rings. The number of hydrogen-bond donors (Lipinski definition) is 3. The third-order valence-electron chi connectivity index (χ3n) is 2.38. The molecule has 0 aliphatic carbocycles. The Hall–Kier alpha value is -2.56. The van der Waals surface area contributed by atoms with Crippen molar-refractivity contribution in [2.24, 2.45) is 0 Å². The standard InChI is InChI=1S/C13H12N2O3/c1-8-4-5-14-12(6-8)15-13(18)10-3-2-9(16)7-11(10)17/h2-7,16-17H,1H3,(H,14,15,18). The van der Waals surface area contributed by atoms with E-state index < -0.39 is 5.91 Å². The number of carbonyl (C=O) groups is 1. The summed E-state index contributed by atoms with van der Waals surface area (Å²) in [4.78, 5) is 15.9. The highest BCUT2D eigenvalue weighted by Gasteiger charge is 2.12. The number of hydrogen-bond acceptors (Lipinski definition) is 4.